The van der Waals surface area contributed by atoms with E-state index in [1.54, 1.807) is 24.3 Å². The van der Waals surface area contributed by atoms with E-state index >= 15 is 0 Å². The number of nitrogens with zero attached hydrogens (tertiary/aromatic N) is 3. The van der Waals surface area contributed by atoms with Gasteiger partial charge < -0.3 is 15.0 Å². The minimum atomic E-state index is -0.745. The summed E-state index contributed by atoms with van der Waals surface area (Å²) >= 11 is 0. The molecule has 8 heteroatoms. The summed E-state index contributed by atoms with van der Waals surface area (Å²) in [5.74, 6) is -1.19. The first-order valence-electron chi connectivity index (χ1n) is 10.9. The van der Waals surface area contributed by atoms with Crippen molar-refractivity contribution in [2.45, 2.75) is 32.7 Å². The monoisotopic (exact) mass is 434 g/mol. The largest absolute Gasteiger partial charge is 0.451 e. The molecule has 2 aromatic carbocycles. The second-order valence-corrected chi connectivity index (χ2v) is 7.79. The zero-order valence-electron chi connectivity index (χ0n) is 18.0. The maximum atomic E-state index is 12.7. The summed E-state index contributed by atoms with van der Waals surface area (Å²) in [6.45, 7) is 3.96. The first kappa shape index (κ1) is 21.5. The average Bonchev–Trinajstić information content (AvgIpc) is 3.35. The van der Waals surface area contributed by atoms with Gasteiger partial charge in [0.2, 0.25) is 0 Å². The van der Waals surface area contributed by atoms with Gasteiger partial charge in [0.05, 0.1) is 5.39 Å². The molecule has 3 aromatic rings. The molecule has 0 aliphatic carbocycles. The normalized spacial score (nSPS) is 13.3. The van der Waals surface area contributed by atoms with Crippen LogP contribution in [0.2, 0.25) is 0 Å². The molecule has 1 saturated heterocycles. The Morgan fingerprint density at radius 3 is 2.41 bits per heavy atom. The number of fused-ring (bicyclic) bond motifs is 1. The molecule has 0 bridgehead atoms. The number of esters is 1. The molecule has 166 valence electrons. The number of ether oxygens (including phenoxy) is 1. The first-order valence-corrected chi connectivity index (χ1v) is 10.9. The lowest BCUT2D eigenvalue weighted by molar-refractivity contribution is -0.119. The SMILES string of the molecule is CCCn1nc(C(=O)OCC(=O)Nc2ccc(N3CCCC3)cc2)c2ccccc2c1=O. The van der Waals surface area contributed by atoms with Crippen molar-refractivity contribution in [3.8, 4) is 0 Å². The molecular weight excluding hydrogens is 408 g/mol. The highest BCUT2D eigenvalue weighted by atomic mass is 16.5. The van der Waals surface area contributed by atoms with Crippen LogP contribution < -0.4 is 15.8 Å². The third-order valence-corrected chi connectivity index (χ3v) is 5.45. The van der Waals surface area contributed by atoms with Crippen molar-refractivity contribution >= 4 is 34.0 Å². The van der Waals surface area contributed by atoms with Gasteiger partial charge in [-0.25, -0.2) is 9.48 Å². The Morgan fingerprint density at radius 2 is 1.72 bits per heavy atom. The van der Waals surface area contributed by atoms with Gasteiger partial charge in [0.1, 0.15) is 0 Å². The fourth-order valence-electron chi connectivity index (χ4n) is 3.88. The van der Waals surface area contributed by atoms with Crippen molar-refractivity contribution in [2.75, 3.05) is 29.9 Å². The quantitative estimate of drug-likeness (QED) is 0.574. The van der Waals surface area contributed by atoms with Crippen LogP contribution in [0.25, 0.3) is 10.8 Å². The number of aryl methyl sites for hydroxylation is 1. The molecule has 4 rings (SSSR count). The highest BCUT2D eigenvalue weighted by molar-refractivity contribution is 6.03. The smallest absolute Gasteiger partial charge is 0.359 e. The van der Waals surface area contributed by atoms with Gasteiger partial charge in [-0.2, -0.15) is 5.10 Å². The summed E-state index contributed by atoms with van der Waals surface area (Å²) in [5, 5.41) is 7.73. The van der Waals surface area contributed by atoms with E-state index in [1.807, 2.05) is 31.2 Å². The average molecular weight is 434 g/mol. The van der Waals surface area contributed by atoms with Crippen LogP contribution in [-0.2, 0) is 16.1 Å². The second kappa shape index (κ2) is 9.64. The van der Waals surface area contributed by atoms with E-state index in [9.17, 15) is 14.4 Å². The van der Waals surface area contributed by atoms with Crippen LogP contribution in [0, 0.1) is 0 Å². The molecule has 8 nitrogen and oxygen atoms in total. The maximum absolute atomic E-state index is 12.7. The van der Waals surface area contributed by atoms with Crippen LogP contribution in [0.1, 0.15) is 36.7 Å². The van der Waals surface area contributed by atoms with Gasteiger partial charge in [0, 0.05) is 36.4 Å². The van der Waals surface area contributed by atoms with E-state index in [1.165, 1.54) is 17.5 Å². The summed E-state index contributed by atoms with van der Waals surface area (Å²) in [5.41, 5.74) is 1.53. The predicted molar refractivity (Wildman–Crippen MR) is 123 cm³/mol. The lowest BCUT2D eigenvalue weighted by Gasteiger charge is -2.17. The Labute approximate surface area is 185 Å². The Morgan fingerprint density at radius 1 is 1.03 bits per heavy atom. The maximum Gasteiger partial charge on any atom is 0.359 e. The molecule has 1 N–H and O–H groups in total. The van der Waals surface area contributed by atoms with E-state index in [2.05, 4.69) is 15.3 Å². The van der Waals surface area contributed by atoms with Gasteiger partial charge in [-0.15, -0.1) is 0 Å². The fraction of sp³-hybridized carbons (Fsp3) is 0.333. The van der Waals surface area contributed by atoms with Crippen LogP contribution >= 0.6 is 0 Å². The number of carbonyl (C=O) groups is 2. The standard InChI is InChI=1S/C24H26N4O4/c1-2-13-28-23(30)20-8-4-3-7-19(20)22(26-28)24(31)32-16-21(29)25-17-9-11-18(12-10-17)27-14-5-6-15-27/h3-4,7-12H,2,5-6,13-16H2,1H3,(H,25,29). The third kappa shape index (κ3) is 4.64. The molecule has 0 saturated carbocycles. The number of aromatic nitrogens is 2. The highest BCUT2D eigenvalue weighted by Gasteiger charge is 2.19. The summed E-state index contributed by atoms with van der Waals surface area (Å²) in [6.07, 6.45) is 3.09. The van der Waals surface area contributed by atoms with Gasteiger partial charge in [-0.05, 0) is 49.6 Å². The third-order valence-electron chi connectivity index (χ3n) is 5.45. The van der Waals surface area contributed by atoms with Gasteiger partial charge >= 0.3 is 5.97 Å². The van der Waals surface area contributed by atoms with E-state index < -0.39 is 18.5 Å². The Balaban J connectivity index is 1.42. The van der Waals surface area contributed by atoms with Gasteiger partial charge in [0.15, 0.2) is 12.3 Å². The number of hydrogen-bond donors (Lipinski definition) is 1. The van der Waals surface area contributed by atoms with Crippen LogP contribution in [0.15, 0.2) is 53.3 Å². The predicted octanol–water partition coefficient (Wildman–Crippen LogP) is 3.20. The Kier molecular flexibility index (Phi) is 6.49. The van der Waals surface area contributed by atoms with Crippen molar-refractivity contribution < 1.29 is 14.3 Å². The van der Waals surface area contributed by atoms with Gasteiger partial charge in [-0.3, -0.25) is 9.59 Å². The molecule has 1 aliphatic rings. The summed E-state index contributed by atoms with van der Waals surface area (Å²) in [4.78, 5) is 39.9. The number of benzene rings is 2. The van der Waals surface area contributed by atoms with E-state index in [4.69, 9.17) is 4.74 Å². The number of carbonyl (C=O) groups excluding carboxylic acids is 2. The van der Waals surface area contributed by atoms with Crippen molar-refractivity contribution in [3.63, 3.8) is 0 Å². The number of amides is 1. The van der Waals surface area contributed by atoms with Gasteiger partial charge in [0.25, 0.3) is 11.5 Å². The zero-order valence-corrected chi connectivity index (χ0v) is 18.0. The topological polar surface area (TPSA) is 93.5 Å². The second-order valence-electron chi connectivity index (χ2n) is 7.79. The van der Waals surface area contributed by atoms with Crippen molar-refractivity contribution in [1.29, 1.82) is 0 Å². The highest BCUT2D eigenvalue weighted by Crippen LogP contribution is 2.22. The number of anilines is 2. The molecule has 32 heavy (non-hydrogen) atoms. The van der Waals surface area contributed by atoms with Crippen LogP contribution in [0.3, 0.4) is 0 Å². The molecule has 0 unspecified atom stereocenters. The Hall–Kier alpha value is -3.68. The van der Waals surface area contributed by atoms with Gasteiger partial charge in [-0.1, -0.05) is 25.1 Å². The number of hydrogen-bond acceptors (Lipinski definition) is 6. The summed E-state index contributed by atoms with van der Waals surface area (Å²) < 4.78 is 6.48. The van der Waals surface area contributed by atoms with Crippen LogP contribution in [-0.4, -0.2) is 41.4 Å². The molecule has 1 aromatic heterocycles. The van der Waals surface area contributed by atoms with Crippen LogP contribution in [0.5, 0.6) is 0 Å². The molecular formula is C24H26N4O4. The lowest BCUT2D eigenvalue weighted by Crippen LogP contribution is -2.27. The number of rotatable bonds is 7. The Bertz CT molecular complexity index is 1180. The fourth-order valence-corrected chi connectivity index (χ4v) is 3.88. The van der Waals surface area contributed by atoms with Crippen molar-refractivity contribution in [1.82, 2.24) is 9.78 Å². The van der Waals surface area contributed by atoms with Crippen LogP contribution in [0.4, 0.5) is 11.4 Å². The molecule has 0 radical (unpaired) electrons. The molecule has 0 atom stereocenters. The van der Waals surface area contributed by atoms with E-state index in [0.717, 1.165) is 18.8 Å². The number of nitrogens with one attached hydrogen (secondary N) is 1. The summed E-state index contributed by atoms with van der Waals surface area (Å²) in [6, 6.07) is 14.4. The zero-order chi connectivity index (χ0) is 22.5. The molecule has 0 spiro atoms. The minimum Gasteiger partial charge on any atom is -0.451 e. The van der Waals surface area contributed by atoms with E-state index in [0.29, 0.717) is 29.4 Å². The molecule has 1 fully saturated rings. The summed E-state index contributed by atoms with van der Waals surface area (Å²) in [7, 11) is 0. The van der Waals surface area contributed by atoms with Crippen molar-refractivity contribution in [3.05, 3.63) is 64.6 Å². The molecule has 1 aliphatic heterocycles. The van der Waals surface area contributed by atoms with Crippen molar-refractivity contribution in [2.24, 2.45) is 0 Å². The first-order chi connectivity index (χ1) is 15.6. The molecule has 1 amide bonds. The lowest BCUT2D eigenvalue weighted by atomic mass is 10.1. The van der Waals surface area contributed by atoms with E-state index in [-0.39, 0.29) is 11.3 Å². The molecule has 2 heterocycles. The minimum absolute atomic E-state index is 0.0245.